The minimum absolute atomic E-state index is 0.0772. The molecule has 105 heavy (non-hydrogen) atoms. The van der Waals surface area contributed by atoms with Crippen LogP contribution in [0.15, 0.2) is 80.4 Å². The standard InChI is InChI=1S/C63H89N25O17/c1-3-31(2)51(67)61(103)88-44(20-36-26-73-30-78-36)55(97)79-38(12-14-48(65)90)53(95)87-46(22-50(92)93)60(102)80-37(11-13-47(64)89)52(94)83-42(18-34-24-71-28-76-34)58(100)86-45(21-49(66)91)59(101)85-43(19-35-25-72-29-77-35)57(99)82-40(16-32-8-5-4-6-9-32)54(96)84-41(17-33-23-70-27-75-33)56(98)81-39(62(104)105)10-7-15-74-63(68)69/h4-6,8-9,23-31,37-46,51H,3,7,10-22,67H2,1-2H3,(H2,64,89)(H2,65,90)(H2,66,91)(H,70,75)(H,71,76)(H,72,77)(H,73,78)(H,79,97)(H,80,102)(H,81,98)(H,82,99)(H,83,94)(H,84,96)(H,85,101)(H,86,100)(H,87,95)(H,88,103)(H,92,93)(H,104,105)(H4,68,69,74)/t31-,37-,38-,39-,40-,41-,42-,43-,44-,45-,46-,51-/m0/s1. The maximum absolute atomic E-state index is 14.8. The first-order valence-corrected chi connectivity index (χ1v) is 33.0. The summed E-state index contributed by atoms with van der Waals surface area (Å²) in [6.45, 7) is 3.59. The Morgan fingerprint density at radius 3 is 1.08 bits per heavy atom. The minimum Gasteiger partial charge on any atom is -0.481 e. The van der Waals surface area contributed by atoms with Crippen molar-refractivity contribution in [2.45, 2.75) is 170 Å². The second-order valence-electron chi connectivity index (χ2n) is 24.4. The number of aromatic amines is 4. The van der Waals surface area contributed by atoms with Crippen LogP contribution in [0.2, 0.25) is 0 Å². The first-order chi connectivity index (χ1) is 49.9. The van der Waals surface area contributed by atoms with Crippen LogP contribution in [0.3, 0.4) is 0 Å². The normalized spacial score (nSPS) is 14.4. The molecule has 0 radical (unpaired) electrons. The van der Waals surface area contributed by atoms with Gasteiger partial charge in [0.05, 0.1) is 67.0 Å². The molecule has 12 atom stereocenters. The Kier molecular flexibility index (Phi) is 33.1. The summed E-state index contributed by atoms with van der Waals surface area (Å²) in [7, 11) is 0. The van der Waals surface area contributed by atoms with E-state index in [0.717, 1.165) is 0 Å². The van der Waals surface area contributed by atoms with Gasteiger partial charge in [0.2, 0.25) is 76.8 Å². The molecule has 13 amide bonds. The zero-order valence-electron chi connectivity index (χ0n) is 57.2. The van der Waals surface area contributed by atoms with Crippen molar-refractivity contribution in [3.8, 4) is 0 Å². The van der Waals surface area contributed by atoms with Gasteiger partial charge in [-0.3, -0.25) is 72.5 Å². The Hall–Kier alpha value is -12.7. The van der Waals surface area contributed by atoms with Crippen molar-refractivity contribution in [3.05, 3.63) is 109 Å². The maximum Gasteiger partial charge on any atom is 0.326 e. The van der Waals surface area contributed by atoms with Crippen LogP contribution in [0.1, 0.15) is 100.0 Å². The number of carboxylic acids is 2. The molecule has 42 heteroatoms. The Bertz CT molecular complexity index is 3770. The van der Waals surface area contributed by atoms with Crippen LogP contribution in [0, 0.1) is 11.3 Å². The number of H-pyrrole nitrogens is 4. The number of guanidine groups is 1. The number of amides is 13. The molecular weight excluding hydrogens is 1380 g/mol. The number of nitrogens with zero attached hydrogens (tertiary/aromatic N) is 4. The van der Waals surface area contributed by atoms with E-state index in [4.69, 9.17) is 34.1 Å². The first-order valence-electron chi connectivity index (χ1n) is 33.0. The fourth-order valence-electron chi connectivity index (χ4n) is 10.3. The maximum atomic E-state index is 14.8. The number of aromatic nitrogens is 8. The monoisotopic (exact) mass is 1470 g/mol. The van der Waals surface area contributed by atoms with E-state index in [1.165, 1.54) is 50.1 Å². The van der Waals surface area contributed by atoms with Crippen LogP contribution in [0.5, 0.6) is 0 Å². The van der Waals surface area contributed by atoms with E-state index in [9.17, 15) is 82.1 Å². The van der Waals surface area contributed by atoms with Crippen LogP contribution < -0.4 is 87.2 Å². The molecule has 0 bridgehead atoms. The summed E-state index contributed by atoms with van der Waals surface area (Å²) in [6, 6.07) is -10.3. The van der Waals surface area contributed by atoms with Crippen molar-refractivity contribution in [2.24, 2.45) is 34.6 Å². The van der Waals surface area contributed by atoms with Crippen molar-refractivity contribution in [1.82, 2.24) is 98.4 Å². The zero-order valence-corrected chi connectivity index (χ0v) is 57.2. The predicted octanol–water partition coefficient (Wildman–Crippen LogP) is -7.46. The fourth-order valence-corrected chi connectivity index (χ4v) is 10.3. The van der Waals surface area contributed by atoms with Gasteiger partial charge in [-0.2, -0.15) is 0 Å². The Morgan fingerprint density at radius 1 is 0.429 bits per heavy atom. The first kappa shape index (κ1) is 83.0. The lowest BCUT2D eigenvalue weighted by Crippen LogP contribution is -2.61. The summed E-state index contributed by atoms with van der Waals surface area (Å²) in [5, 5.41) is 54.1. The highest BCUT2D eigenvalue weighted by atomic mass is 16.4. The quantitative estimate of drug-likeness (QED) is 0.00977. The molecule has 0 saturated carbocycles. The van der Waals surface area contributed by atoms with Gasteiger partial charge in [-0.05, 0) is 37.2 Å². The SMILES string of the molecule is CC[C@H](C)[C@H](N)C(=O)N[C@@H](Cc1c[nH]cn1)C(=O)N[C@@H](CCC(N)=O)C(=O)N[C@@H](CC(=O)O)C(=O)N[C@@H](CCC(N)=O)C(=O)N[C@@H](Cc1c[nH]cn1)C(=O)N[C@@H](CC(N)=O)C(=O)N[C@@H](Cc1c[nH]cn1)C(=O)N[C@@H](Cc1ccccc1)C(=O)N[C@@H](Cc1c[nH]cn1)C(=O)N[C@@H](CCCNC(=N)N)C(=O)O. The average Bonchev–Trinajstić information content (AvgIpc) is 1.74. The zero-order chi connectivity index (χ0) is 77.3. The largest absolute Gasteiger partial charge is 0.481 e. The molecule has 28 N–H and O–H groups in total. The molecule has 5 aromatic rings. The van der Waals surface area contributed by atoms with Crippen molar-refractivity contribution < 1.29 is 82.1 Å². The third-order valence-electron chi connectivity index (χ3n) is 16.2. The number of carboxylic acid groups (broad SMARTS) is 2. The highest BCUT2D eigenvalue weighted by Crippen LogP contribution is 2.14. The van der Waals surface area contributed by atoms with Crippen molar-refractivity contribution in [1.29, 1.82) is 5.41 Å². The molecule has 0 unspecified atom stereocenters. The number of carbonyl (C=O) groups excluding carboxylic acids is 13. The smallest absolute Gasteiger partial charge is 0.326 e. The lowest BCUT2D eigenvalue weighted by molar-refractivity contribution is -0.142. The van der Waals surface area contributed by atoms with Gasteiger partial charge in [-0.25, -0.2) is 24.7 Å². The number of nitrogens with one attached hydrogen (secondary N) is 16. The number of nitrogens with two attached hydrogens (primary N) is 5. The lowest BCUT2D eigenvalue weighted by atomic mass is 9.98. The van der Waals surface area contributed by atoms with Gasteiger partial charge >= 0.3 is 11.9 Å². The Balaban J connectivity index is 1.41. The van der Waals surface area contributed by atoms with Gasteiger partial charge in [-0.1, -0.05) is 50.6 Å². The Labute approximate surface area is 598 Å². The number of benzene rings is 1. The molecule has 1 aromatic carbocycles. The molecule has 0 aliphatic heterocycles. The van der Waals surface area contributed by atoms with Gasteiger partial charge in [0, 0.05) is 76.3 Å². The number of primary amides is 3. The van der Waals surface area contributed by atoms with Crippen LogP contribution >= 0.6 is 0 Å². The van der Waals surface area contributed by atoms with Gasteiger partial charge < -0.3 is 117 Å². The summed E-state index contributed by atoms with van der Waals surface area (Å²) in [5.41, 5.74) is 29.2. The highest BCUT2D eigenvalue weighted by Gasteiger charge is 2.38. The van der Waals surface area contributed by atoms with Crippen molar-refractivity contribution >= 4 is 94.7 Å². The Morgan fingerprint density at radius 2 is 0.752 bits per heavy atom. The second-order valence-corrected chi connectivity index (χ2v) is 24.4. The van der Waals surface area contributed by atoms with Gasteiger partial charge in [0.15, 0.2) is 5.96 Å². The average molecular weight is 1470 g/mol. The van der Waals surface area contributed by atoms with Crippen LogP contribution in [-0.4, -0.2) is 218 Å². The summed E-state index contributed by atoms with van der Waals surface area (Å²) in [4.78, 5) is 232. The number of hydrogen-bond acceptors (Lipinski definition) is 21. The topological polar surface area (TPSA) is 698 Å². The van der Waals surface area contributed by atoms with Gasteiger partial charge in [0.25, 0.3) is 0 Å². The molecule has 0 aliphatic carbocycles. The molecule has 0 spiro atoms. The predicted molar refractivity (Wildman–Crippen MR) is 366 cm³/mol. The van der Waals surface area contributed by atoms with Crippen molar-refractivity contribution in [2.75, 3.05) is 6.54 Å². The third kappa shape index (κ3) is 29.1. The third-order valence-corrected chi connectivity index (χ3v) is 16.2. The number of hydrogen-bond donors (Lipinski definition) is 23. The number of aliphatic carboxylic acids is 2. The van der Waals surface area contributed by atoms with Gasteiger partial charge in [-0.15, -0.1) is 0 Å². The molecule has 568 valence electrons. The molecule has 42 nitrogen and oxygen atoms in total. The van der Waals surface area contributed by atoms with E-state index in [1.807, 2.05) is 0 Å². The molecule has 0 saturated heterocycles. The van der Waals surface area contributed by atoms with E-state index in [-0.39, 0.29) is 73.3 Å². The van der Waals surface area contributed by atoms with Crippen LogP contribution in [-0.2, 0) is 104 Å². The molecule has 4 aromatic heterocycles. The number of carbonyl (C=O) groups is 15. The summed E-state index contributed by atoms with van der Waals surface area (Å²) >= 11 is 0. The van der Waals surface area contributed by atoms with Crippen LogP contribution in [0.4, 0.5) is 0 Å². The second kappa shape index (κ2) is 41.9. The van der Waals surface area contributed by atoms with Gasteiger partial charge in [0.1, 0.15) is 60.4 Å². The van der Waals surface area contributed by atoms with E-state index in [2.05, 4.69) is 98.4 Å². The van der Waals surface area contributed by atoms with E-state index in [1.54, 1.807) is 44.2 Å². The minimum atomic E-state index is -2.12. The number of rotatable bonds is 47. The number of imidazole rings is 4. The fraction of sp³-hybridized carbons (Fsp3) is 0.460. The summed E-state index contributed by atoms with van der Waals surface area (Å²) in [5.74, 6) is -18.2. The molecule has 4 heterocycles. The van der Waals surface area contributed by atoms with E-state index < -0.39 is 207 Å². The molecule has 0 fully saturated rings. The van der Waals surface area contributed by atoms with Crippen LogP contribution in [0.25, 0.3) is 0 Å². The summed E-state index contributed by atoms with van der Waals surface area (Å²) in [6.07, 6.45) is 4.66. The lowest BCUT2D eigenvalue weighted by Gasteiger charge is -2.28. The van der Waals surface area contributed by atoms with E-state index >= 15 is 0 Å². The summed E-state index contributed by atoms with van der Waals surface area (Å²) < 4.78 is 0. The highest BCUT2D eigenvalue weighted by molar-refractivity contribution is 6.01. The molecule has 0 aliphatic rings. The molecular formula is C63H89N25O17. The van der Waals surface area contributed by atoms with E-state index in [0.29, 0.717) is 12.0 Å². The van der Waals surface area contributed by atoms with Crippen molar-refractivity contribution in [3.63, 3.8) is 0 Å². The molecule has 5 rings (SSSR count).